The number of carbonyl (C=O) groups is 3. The van der Waals surface area contributed by atoms with E-state index in [4.69, 9.17) is 30.2 Å². The highest BCUT2D eigenvalue weighted by molar-refractivity contribution is 6.30. The van der Waals surface area contributed by atoms with Gasteiger partial charge in [0.2, 0.25) is 5.91 Å². The smallest absolute Gasteiger partial charge is 0.290 e. The van der Waals surface area contributed by atoms with Gasteiger partial charge in [-0.1, -0.05) is 35.9 Å². The lowest BCUT2D eigenvalue weighted by Gasteiger charge is -2.40. The largest absolute Gasteiger partial charge is 0.493 e. The molecule has 4 unspecified atom stereocenters. The Kier molecular flexibility index (Phi) is 8.72. The molecular weight excluding hydrogens is 616 g/mol. The molecule has 238 valence electrons. The van der Waals surface area contributed by atoms with Gasteiger partial charge < -0.3 is 39.1 Å². The monoisotopic (exact) mass is 646 g/mol. The molecule has 2 aliphatic rings. The van der Waals surface area contributed by atoms with Crippen molar-refractivity contribution in [1.29, 1.82) is 0 Å². The summed E-state index contributed by atoms with van der Waals surface area (Å²) in [7, 11) is 2.93. The Balaban J connectivity index is 1.48. The van der Waals surface area contributed by atoms with Gasteiger partial charge >= 0.3 is 0 Å². The number of rotatable bonds is 10. The number of carbonyl (C=O) groups excluding carboxylic acids is 3. The number of nitrogens with zero attached hydrogens (tertiary/aromatic N) is 1. The van der Waals surface area contributed by atoms with E-state index in [-0.39, 0.29) is 42.5 Å². The van der Waals surface area contributed by atoms with E-state index in [1.54, 1.807) is 54.6 Å². The first-order valence-corrected chi connectivity index (χ1v) is 14.9. The number of methoxy groups -OCH3 is 2. The zero-order valence-electron chi connectivity index (χ0n) is 24.9. The number of para-hydroxylation sites is 1. The number of aliphatic hydroxyl groups is 2. The highest BCUT2D eigenvalue weighted by atomic mass is 35.5. The predicted octanol–water partition coefficient (Wildman–Crippen LogP) is 3.88. The predicted molar refractivity (Wildman–Crippen MR) is 168 cm³/mol. The van der Waals surface area contributed by atoms with Gasteiger partial charge in [-0.3, -0.25) is 14.4 Å². The zero-order chi connectivity index (χ0) is 32.5. The number of halogens is 1. The van der Waals surface area contributed by atoms with E-state index >= 15 is 0 Å². The fraction of sp³-hybridized carbons (Fsp3) is 0.265. The van der Waals surface area contributed by atoms with Crippen LogP contribution in [0, 0.1) is 0 Å². The number of ether oxygens (including phenoxy) is 3. The Labute approximate surface area is 268 Å². The van der Waals surface area contributed by atoms with Crippen molar-refractivity contribution in [2.24, 2.45) is 0 Å². The van der Waals surface area contributed by atoms with Crippen molar-refractivity contribution in [2.45, 2.75) is 30.7 Å². The number of fused-ring (bicyclic) bond motifs is 4. The highest BCUT2D eigenvalue weighted by Gasteiger charge is 2.51. The molecule has 12 heteroatoms. The third kappa shape index (κ3) is 5.57. The molecule has 0 spiro atoms. The SMILES string of the molecule is COc1cc(C=O)cc2c1OC1C2C(C(=O)NCCO)=CC(N(Cc2ccc(Cl)cc2)C(=O)c2cc3cccc(OC)c3o2)C1O. The van der Waals surface area contributed by atoms with Gasteiger partial charge in [-0.2, -0.15) is 0 Å². The fourth-order valence-electron chi connectivity index (χ4n) is 6.10. The number of aldehydes is 1. The summed E-state index contributed by atoms with van der Waals surface area (Å²) >= 11 is 6.13. The molecule has 0 bridgehead atoms. The van der Waals surface area contributed by atoms with Gasteiger partial charge in [0.05, 0.1) is 32.8 Å². The van der Waals surface area contributed by atoms with Gasteiger partial charge in [0.25, 0.3) is 5.91 Å². The summed E-state index contributed by atoms with van der Waals surface area (Å²) in [4.78, 5) is 41.2. The van der Waals surface area contributed by atoms with Crippen LogP contribution in [0.25, 0.3) is 11.0 Å². The average molecular weight is 647 g/mol. The van der Waals surface area contributed by atoms with Crippen LogP contribution < -0.4 is 19.5 Å². The van der Waals surface area contributed by atoms with Gasteiger partial charge in [-0.15, -0.1) is 0 Å². The van der Waals surface area contributed by atoms with Gasteiger partial charge in [0, 0.05) is 40.2 Å². The summed E-state index contributed by atoms with van der Waals surface area (Å²) in [5.74, 6) is -0.905. The lowest BCUT2D eigenvalue weighted by Crippen LogP contribution is -2.55. The van der Waals surface area contributed by atoms with Crippen LogP contribution in [0.4, 0.5) is 0 Å². The maximum absolute atomic E-state index is 14.4. The van der Waals surface area contributed by atoms with Crippen molar-refractivity contribution < 1.29 is 43.2 Å². The molecule has 4 aromatic rings. The zero-order valence-corrected chi connectivity index (χ0v) is 25.7. The average Bonchev–Trinajstić information content (AvgIpc) is 3.69. The maximum Gasteiger partial charge on any atom is 0.290 e. The van der Waals surface area contributed by atoms with Crippen LogP contribution in [0.1, 0.15) is 38.0 Å². The summed E-state index contributed by atoms with van der Waals surface area (Å²) in [5, 5.41) is 25.2. The Morgan fingerprint density at radius 1 is 1.07 bits per heavy atom. The van der Waals surface area contributed by atoms with Crippen LogP contribution in [0.5, 0.6) is 17.2 Å². The topological polar surface area (TPSA) is 148 Å². The lowest BCUT2D eigenvalue weighted by atomic mass is 9.77. The van der Waals surface area contributed by atoms with Crippen LogP contribution in [-0.4, -0.2) is 78.8 Å². The van der Waals surface area contributed by atoms with Crippen LogP contribution in [0.15, 0.2) is 76.7 Å². The van der Waals surface area contributed by atoms with Crippen molar-refractivity contribution >= 4 is 40.7 Å². The number of aliphatic hydroxyl groups excluding tert-OH is 2. The van der Waals surface area contributed by atoms with Crippen molar-refractivity contribution in [2.75, 3.05) is 27.4 Å². The summed E-state index contributed by atoms with van der Waals surface area (Å²) in [5.41, 5.74) is 2.06. The van der Waals surface area contributed by atoms with E-state index < -0.39 is 36.0 Å². The number of benzene rings is 3. The van der Waals surface area contributed by atoms with Crippen molar-refractivity contribution in [3.63, 3.8) is 0 Å². The summed E-state index contributed by atoms with van der Waals surface area (Å²) in [6.07, 6.45) is -0.186. The molecule has 1 aliphatic carbocycles. The molecule has 1 aliphatic heterocycles. The minimum absolute atomic E-state index is 0.00427. The normalized spacial score (nSPS) is 19.8. The molecule has 0 radical (unpaired) electrons. The molecule has 3 N–H and O–H groups in total. The summed E-state index contributed by atoms with van der Waals surface area (Å²) < 4.78 is 23.2. The van der Waals surface area contributed by atoms with Crippen molar-refractivity contribution in [3.8, 4) is 17.2 Å². The van der Waals surface area contributed by atoms with E-state index in [0.717, 1.165) is 0 Å². The Bertz CT molecular complexity index is 1830. The second kappa shape index (κ2) is 12.9. The first-order chi connectivity index (χ1) is 22.3. The number of hydrogen-bond acceptors (Lipinski definition) is 9. The van der Waals surface area contributed by atoms with Crippen molar-refractivity contribution in [1.82, 2.24) is 10.2 Å². The molecule has 0 saturated heterocycles. The Morgan fingerprint density at radius 2 is 1.83 bits per heavy atom. The van der Waals surface area contributed by atoms with Gasteiger partial charge in [0.1, 0.15) is 18.5 Å². The number of amides is 2. The van der Waals surface area contributed by atoms with Gasteiger partial charge in [0.15, 0.2) is 28.6 Å². The Hall–Kier alpha value is -4.84. The number of furan rings is 1. The van der Waals surface area contributed by atoms with E-state index in [0.29, 0.717) is 44.7 Å². The molecule has 3 aromatic carbocycles. The molecule has 2 heterocycles. The molecule has 2 amide bonds. The van der Waals surface area contributed by atoms with E-state index in [1.165, 1.54) is 31.3 Å². The lowest BCUT2D eigenvalue weighted by molar-refractivity contribution is -0.118. The van der Waals surface area contributed by atoms with E-state index in [2.05, 4.69) is 5.32 Å². The van der Waals surface area contributed by atoms with Gasteiger partial charge in [-0.05, 0) is 48.0 Å². The second-order valence-corrected chi connectivity index (χ2v) is 11.4. The second-order valence-electron chi connectivity index (χ2n) is 11.0. The molecular formula is C34H31ClN2O9. The van der Waals surface area contributed by atoms with Crippen LogP contribution in [-0.2, 0) is 11.3 Å². The van der Waals surface area contributed by atoms with Crippen LogP contribution in [0.2, 0.25) is 5.02 Å². The third-order valence-electron chi connectivity index (χ3n) is 8.24. The highest BCUT2D eigenvalue weighted by Crippen LogP contribution is 2.51. The molecule has 4 atom stereocenters. The number of hydrogen-bond donors (Lipinski definition) is 3. The molecule has 0 fully saturated rings. The van der Waals surface area contributed by atoms with Crippen molar-refractivity contribution in [3.05, 3.63) is 99.8 Å². The van der Waals surface area contributed by atoms with Crippen LogP contribution in [0.3, 0.4) is 0 Å². The number of nitrogens with one attached hydrogen (secondary N) is 1. The molecule has 0 saturated carbocycles. The standard InChI is InChI=1S/C34H31ClN2O9/c1-43-25-5-3-4-20-14-27(45-30(20)25)34(42)37(16-18-6-8-21(35)9-7-18)24-15-23(33(41)36-10-11-38)28-22-12-19(17-39)13-26(44-2)31(22)46-32(28)29(24)40/h3-9,12-15,17,24,28-29,32,38,40H,10-11,16H2,1-2H3,(H,36,41). The quantitative estimate of drug-likeness (QED) is 0.218. The maximum atomic E-state index is 14.4. The first-order valence-electron chi connectivity index (χ1n) is 14.5. The summed E-state index contributed by atoms with van der Waals surface area (Å²) in [6, 6.07) is 15.8. The molecule has 6 rings (SSSR count). The minimum atomic E-state index is -1.34. The third-order valence-corrected chi connectivity index (χ3v) is 8.49. The molecule has 11 nitrogen and oxygen atoms in total. The van der Waals surface area contributed by atoms with E-state index in [1.807, 2.05) is 0 Å². The minimum Gasteiger partial charge on any atom is -0.493 e. The Morgan fingerprint density at radius 3 is 2.52 bits per heavy atom. The van der Waals surface area contributed by atoms with Gasteiger partial charge in [-0.25, -0.2) is 0 Å². The van der Waals surface area contributed by atoms with E-state index in [9.17, 15) is 24.6 Å². The molecule has 1 aromatic heterocycles. The first kappa shape index (κ1) is 31.2. The van der Waals surface area contributed by atoms with Crippen LogP contribution >= 0.6 is 11.6 Å². The summed E-state index contributed by atoms with van der Waals surface area (Å²) in [6.45, 7) is -0.316. The fourth-order valence-corrected chi connectivity index (χ4v) is 6.23. The molecule has 46 heavy (non-hydrogen) atoms.